The first-order chi connectivity index (χ1) is 9.11. The first kappa shape index (κ1) is 13.9. The first-order valence-corrected chi connectivity index (χ1v) is 6.76. The molecule has 19 heavy (non-hydrogen) atoms. The highest BCUT2D eigenvalue weighted by atomic mass is 16.5. The van der Waals surface area contributed by atoms with Gasteiger partial charge in [-0.05, 0) is 31.2 Å². The Kier molecular flexibility index (Phi) is 4.43. The van der Waals surface area contributed by atoms with Crippen LogP contribution in [0.2, 0.25) is 0 Å². The molecule has 2 atom stereocenters. The van der Waals surface area contributed by atoms with Gasteiger partial charge in [0.2, 0.25) is 0 Å². The average Bonchev–Trinajstić information content (AvgIpc) is 2.79. The van der Waals surface area contributed by atoms with E-state index in [1.165, 1.54) is 0 Å². The van der Waals surface area contributed by atoms with E-state index in [2.05, 4.69) is 11.8 Å². The zero-order chi connectivity index (χ0) is 13.8. The number of benzene rings is 1. The number of nitrogens with zero attached hydrogens (tertiary/aromatic N) is 1. The lowest BCUT2D eigenvalue weighted by molar-refractivity contribution is -0.141. The SMILES string of the molecule is CCCOc1ccc([C@@H]2CN(C)C[C@H]2C(=O)O)cc1. The molecule has 0 amide bonds. The summed E-state index contributed by atoms with van der Waals surface area (Å²) < 4.78 is 5.54. The lowest BCUT2D eigenvalue weighted by atomic mass is 9.89. The van der Waals surface area contributed by atoms with Gasteiger partial charge >= 0.3 is 5.97 Å². The molecule has 1 heterocycles. The Morgan fingerprint density at radius 1 is 1.37 bits per heavy atom. The topological polar surface area (TPSA) is 49.8 Å². The van der Waals surface area contributed by atoms with Crippen LogP contribution < -0.4 is 4.74 Å². The van der Waals surface area contributed by atoms with E-state index in [0.717, 1.165) is 24.3 Å². The number of carboxylic acids is 1. The standard InChI is InChI=1S/C15H21NO3/c1-3-8-19-12-6-4-11(5-7-12)13-9-16(2)10-14(13)15(17)18/h4-7,13-14H,3,8-10H2,1-2H3,(H,17,18)/t13-,14+/m0/s1. The van der Waals surface area contributed by atoms with Crippen LogP contribution in [0.3, 0.4) is 0 Å². The predicted molar refractivity (Wildman–Crippen MR) is 73.6 cm³/mol. The summed E-state index contributed by atoms with van der Waals surface area (Å²) in [5.74, 6) is -0.0976. The second kappa shape index (κ2) is 6.06. The molecule has 1 aromatic rings. The molecule has 0 aliphatic carbocycles. The molecular formula is C15H21NO3. The van der Waals surface area contributed by atoms with Gasteiger partial charge in [-0.3, -0.25) is 4.79 Å². The van der Waals surface area contributed by atoms with E-state index >= 15 is 0 Å². The molecule has 1 N–H and O–H groups in total. The van der Waals surface area contributed by atoms with Crippen LogP contribution in [0, 0.1) is 5.92 Å². The summed E-state index contributed by atoms with van der Waals surface area (Å²) in [6, 6.07) is 7.85. The van der Waals surface area contributed by atoms with Crippen molar-refractivity contribution in [2.45, 2.75) is 19.3 Å². The third-order valence-corrected chi connectivity index (χ3v) is 3.60. The summed E-state index contributed by atoms with van der Waals surface area (Å²) in [6.45, 7) is 4.20. The summed E-state index contributed by atoms with van der Waals surface area (Å²) in [4.78, 5) is 13.4. The molecule has 1 aliphatic heterocycles. The average molecular weight is 263 g/mol. The molecule has 1 fully saturated rings. The molecule has 0 spiro atoms. The fourth-order valence-corrected chi connectivity index (χ4v) is 2.62. The van der Waals surface area contributed by atoms with Crippen LogP contribution in [0.25, 0.3) is 0 Å². The zero-order valence-electron chi connectivity index (χ0n) is 11.5. The Morgan fingerprint density at radius 3 is 2.63 bits per heavy atom. The highest BCUT2D eigenvalue weighted by Gasteiger charge is 2.36. The van der Waals surface area contributed by atoms with E-state index in [-0.39, 0.29) is 11.8 Å². The Hall–Kier alpha value is -1.55. The van der Waals surface area contributed by atoms with E-state index in [1.807, 2.05) is 31.3 Å². The minimum atomic E-state index is -0.708. The van der Waals surface area contributed by atoms with Gasteiger partial charge in [-0.15, -0.1) is 0 Å². The van der Waals surface area contributed by atoms with Crippen LogP contribution in [-0.4, -0.2) is 42.7 Å². The van der Waals surface area contributed by atoms with Gasteiger partial charge in [0, 0.05) is 19.0 Å². The molecule has 4 heteroatoms. The first-order valence-electron chi connectivity index (χ1n) is 6.76. The quantitative estimate of drug-likeness (QED) is 0.885. The number of rotatable bonds is 5. The van der Waals surface area contributed by atoms with E-state index < -0.39 is 5.97 Å². The molecule has 0 unspecified atom stereocenters. The van der Waals surface area contributed by atoms with Gasteiger partial charge in [0.05, 0.1) is 12.5 Å². The molecule has 4 nitrogen and oxygen atoms in total. The summed E-state index contributed by atoms with van der Waals surface area (Å²) in [5.41, 5.74) is 1.08. The number of carbonyl (C=O) groups is 1. The largest absolute Gasteiger partial charge is 0.494 e. The van der Waals surface area contributed by atoms with Crippen molar-refractivity contribution in [1.82, 2.24) is 4.90 Å². The Bertz CT molecular complexity index is 430. The van der Waals surface area contributed by atoms with Crippen molar-refractivity contribution >= 4 is 5.97 Å². The van der Waals surface area contributed by atoms with Crippen LogP contribution in [0.1, 0.15) is 24.8 Å². The summed E-state index contributed by atoms with van der Waals surface area (Å²) in [6.07, 6.45) is 0.982. The Morgan fingerprint density at radius 2 is 2.05 bits per heavy atom. The predicted octanol–water partition coefficient (Wildman–Crippen LogP) is 2.21. The van der Waals surface area contributed by atoms with E-state index in [9.17, 15) is 9.90 Å². The number of likely N-dealkylation sites (tertiary alicyclic amines) is 1. The molecule has 104 valence electrons. The Labute approximate surface area is 114 Å². The number of aliphatic carboxylic acids is 1. The summed E-state index contributed by atoms with van der Waals surface area (Å²) in [7, 11) is 1.97. The van der Waals surface area contributed by atoms with Crippen molar-refractivity contribution in [1.29, 1.82) is 0 Å². The number of ether oxygens (including phenoxy) is 1. The minimum Gasteiger partial charge on any atom is -0.494 e. The monoisotopic (exact) mass is 263 g/mol. The van der Waals surface area contributed by atoms with Gasteiger partial charge < -0.3 is 14.7 Å². The smallest absolute Gasteiger partial charge is 0.308 e. The fraction of sp³-hybridized carbons (Fsp3) is 0.533. The fourth-order valence-electron chi connectivity index (χ4n) is 2.62. The molecule has 2 rings (SSSR count). The van der Waals surface area contributed by atoms with Crippen molar-refractivity contribution < 1.29 is 14.6 Å². The van der Waals surface area contributed by atoms with Gasteiger partial charge in [-0.1, -0.05) is 19.1 Å². The molecular weight excluding hydrogens is 242 g/mol. The minimum absolute atomic E-state index is 0.0720. The van der Waals surface area contributed by atoms with Crippen LogP contribution >= 0.6 is 0 Å². The van der Waals surface area contributed by atoms with Crippen molar-refractivity contribution in [3.8, 4) is 5.75 Å². The highest BCUT2D eigenvalue weighted by molar-refractivity contribution is 5.72. The van der Waals surface area contributed by atoms with Gasteiger partial charge in [-0.2, -0.15) is 0 Å². The van der Waals surface area contributed by atoms with Crippen molar-refractivity contribution in [2.75, 3.05) is 26.7 Å². The summed E-state index contributed by atoms with van der Waals surface area (Å²) in [5, 5.41) is 9.28. The molecule has 0 saturated carbocycles. The lowest BCUT2D eigenvalue weighted by Gasteiger charge is -2.15. The lowest BCUT2D eigenvalue weighted by Crippen LogP contribution is -2.21. The van der Waals surface area contributed by atoms with Crippen molar-refractivity contribution in [3.63, 3.8) is 0 Å². The highest BCUT2D eigenvalue weighted by Crippen LogP contribution is 2.32. The second-order valence-electron chi connectivity index (χ2n) is 5.19. The van der Waals surface area contributed by atoms with Crippen molar-refractivity contribution in [2.24, 2.45) is 5.92 Å². The van der Waals surface area contributed by atoms with Gasteiger partial charge in [0.15, 0.2) is 0 Å². The third kappa shape index (κ3) is 3.26. The van der Waals surface area contributed by atoms with Crippen LogP contribution in [0.4, 0.5) is 0 Å². The van der Waals surface area contributed by atoms with Gasteiger partial charge in [0.25, 0.3) is 0 Å². The zero-order valence-corrected chi connectivity index (χ0v) is 11.5. The van der Waals surface area contributed by atoms with Crippen LogP contribution in [0.5, 0.6) is 5.75 Å². The maximum absolute atomic E-state index is 11.3. The molecule has 1 aliphatic rings. The maximum atomic E-state index is 11.3. The molecule has 1 saturated heterocycles. The van der Waals surface area contributed by atoms with E-state index in [0.29, 0.717) is 13.2 Å². The number of carboxylic acid groups (broad SMARTS) is 1. The molecule has 0 aromatic heterocycles. The normalized spacial score (nSPS) is 23.5. The maximum Gasteiger partial charge on any atom is 0.308 e. The van der Waals surface area contributed by atoms with E-state index in [4.69, 9.17) is 4.74 Å². The Balaban J connectivity index is 2.10. The molecule has 1 aromatic carbocycles. The number of likely N-dealkylation sites (N-methyl/N-ethyl adjacent to an activating group) is 1. The van der Waals surface area contributed by atoms with E-state index in [1.54, 1.807) is 0 Å². The number of hydrogen-bond acceptors (Lipinski definition) is 3. The summed E-state index contributed by atoms with van der Waals surface area (Å²) >= 11 is 0. The van der Waals surface area contributed by atoms with Crippen LogP contribution in [-0.2, 0) is 4.79 Å². The van der Waals surface area contributed by atoms with Crippen molar-refractivity contribution in [3.05, 3.63) is 29.8 Å². The van der Waals surface area contributed by atoms with Crippen LogP contribution in [0.15, 0.2) is 24.3 Å². The number of hydrogen-bond donors (Lipinski definition) is 1. The third-order valence-electron chi connectivity index (χ3n) is 3.60. The second-order valence-corrected chi connectivity index (χ2v) is 5.19. The molecule has 0 bridgehead atoms. The van der Waals surface area contributed by atoms with Gasteiger partial charge in [0.1, 0.15) is 5.75 Å². The van der Waals surface area contributed by atoms with Gasteiger partial charge in [-0.25, -0.2) is 0 Å². The molecule has 0 radical (unpaired) electrons.